The summed E-state index contributed by atoms with van der Waals surface area (Å²) in [5, 5.41) is 6.39. The molecule has 0 aliphatic carbocycles. The standard InChI is InChI=1S/C19H14ClN3O3S4/c20-17-14-3-1-2-4-15(14)29-18(17)28-11-16(24)22-12-5-7-13(8-6-12)30(25,26)23-19-21-9-10-27-19/h1-10H,11H2,(H,21,23)(H,22,24). The van der Waals surface area contributed by atoms with Crippen LogP contribution in [0.4, 0.5) is 10.8 Å². The minimum Gasteiger partial charge on any atom is -0.325 e. The maximum atomic E-state index is 12.4. The molecule has 30 heavy (non-hydrogen) atoms. The number of sulfonamides is 1. The van der Waals surface area contributed by atoms with Crippen LogP contribution in [0.15, 0.2) is 69.2 Å². The van der Waals surface area contributed by atoms with Gasteiger partial charge < -0.3 is 5.32 Å². The van der Waals surface area contributed by atoms with Gasteiger partial charge in [-0.15, -0.1) is 34.4 Å². The van der Waals surface area contributed by atoms with Crippen molar-refractivity contribution in [1.29, 1.82) is 0 Å². The summed E-state index contributed by atoms with van der Waals surface area (Å²) >= 11 is 10.5. The number of carbonyl (C=O) groups is 1. The number of anilines is 2. The summed E-state index contributed by atoms with van der Waals surface area (Å²) < 4.78 is 29.1. The van der Waals surface area contributed by atoms with Gasteiger partial charge in [0, 0.05) is 27.4 Å². The summed E-state index contributed by atoms with van der Waals surface area (Å²) in [5.74, 6) is -0.0110. The number of hydrogen-bond donors (Lipinski definition) is 2. The first kappa shape index (κ1) is 21.1. The zero-order chi connectivity index (χ0) is 21.1. The average molecular weight is 496 g/mol. The molecule has 6 nitrogen and oxygen atoms in total. The van der Waals surface area contributed by atoms with E-state index in [9.17, 15) is 13.2 Å². The summed E-state index contributed by atoms with van der Waals surface area (Å²) in [4.78, 5) is 16.3. The molecule has 0 radical (unpaired) electrons. The highest BCUT2D eigenvalue weighted by molar-refractivity contribution is 8.02. The van der Waals surface area contributed by atoms with E-state index in [1.165, 1.54) is 41.4 Å². The van der Waals surface area contributed by atoms with Gasteiger partial charge in [0.2, 0.25) is 5.91 Å². The number of nitrogens with zero attached hydrogens (tertiary/aromatic N) is 1. The first-order valence-corrected chi connectivity index (χ1v) is 13.1. The van der Waals surface area contributed by atoms with Gasteiger partial charge in [-0.05, 0) is 30.3 Å². The molecule has 0 atom stereocenters. The fraction of sp³-hybridized carbons (Fsp3) is 0.0526. The highest BCUT2D eigenvalue weighted by atomic mass is 35.5. The van der Waals surface area contributed by atoms with Crippen LogP contribution in [0.3, 0.4) is 0 Å². The molecule has 2 aromatic heterocycles. The molecule has 0 unspecified atom stereocenters. The summed E-state index contributed by atoms with van der Waals surface area (Å²) in [7, 11) is -3.72. The van der Waals surface area contributed by atoms with Gasteiger partial charge in [0.05, 0.1) is 19.9 Å². The zero-order valence-corrected chi connectivity index (χ0v) is 19.2. The Balaban J connectivity index is 1.37. The number of benzene rings is 2. The molecule has 4 aromatic rings. The summed E-state index contributed by atoms with van der Waals surface area (Å²) in [6.07, 6.45) is 1.52. The van der Waals surface area contributed by atoms with Crippen LogP contribution in [0.25, 0.3) is 10.1 Å². The number of thiazole rings is 1. The predicted molar refractivity (Wildman–Crippen MR) is 126 cm³/mol. The summed E-state index contributed by atoms with van der Waals surface area (Å²) in [5.41, 5.74) is 0.510. The molecule has 1 amide bonds. The maximum Gasteiger partial charge on any atom is 0.263 e. The Morgan fingerprint density at radius 3 is 2.60 bits per heavy atom. The van der Waals surface area contributed by atoms with Gasteiger partial charge in [0.1, 0.15) is 0 Å². The molecular formula is C19H14ClN3O3S4. The fourth-order valence-corrected chi connectivity index (χ4v) is 6.95. The Kier molecular flexibility index (Phi) is 6.30. The van der Waals surface area contributed by atoms with Crippen LogP contribution < -0.4 is 10.0 Å². The molecule has 0 saturated heterocycles. The van der Waals surface area contributed by atoms with Gasteiger partial charge in [0.15, 0.2) is 5.13 Å². The number of aromatic nitrogens is 1. The first-order chi connectivity index (χ1) is 14.4. The lowest BCUT2D eigenvalue weighted by Crippen LogP contribution is -2.15. The van der Waals surface area contributed by atoms with Crippen LogP contribution in [0.2, 0.25) is 5.02 Å². The predicted octanol–water partition coefficient (Wildman–Crippen LogP) is 5.54. The Morgan fingerprint density at radius 2 is 1.90 bits per heavy atom. The smallest absolute Gasteiger partial charge is 0.263 e. The molecule has 0 bridgehead atoms. The quantitative estimate of drug-likeness (QED) is 0.328. The van der Waals surface area contributed by atoms with Gasteiger partial charge in [-0.2, -0.15) is 0 Å². The van der Waals surface area contributed by atoms with E-state index in [1.807, 2.05) is 24.3 Å². The van der Waals surface area contributed by atoms with Crippen molar-refractivity contribution in [2.24, 2.45) is 0 Å². The molecule has 2 heterocycles. The fourth-order valence-electron chi connectivity index (χ4n) is 2.58. The number of rotatable bonds is 7. The minimum atomic E-state index is -3.72. The van der Waals surface area contributed by atoms with E-state index >= 15 is 0 Å². The Morgan fingerprint density at radius 1 is 1.13 bits per heavy atom. The van der Waals surface area contributed by atoms with Crippen LogP contribution in [-0.4, -0.2) is 25.1 Å². The molecule has 0 fully saturated rings. The Hall–Kier alpha value is -2.11. The number of halogens is 1. The lowest BCUT2D eigenvalue weighted by molar-refractivity contribution is -0.113. The van der Waals surface area contributed by atoms with E-state index in [4.69, 9.17) is 11.6 Å². The normalized spacial score (nSPS) is 11.5. The van der Waals surface area contributed by atoms with Crippen molar-refractivity contribution in [3.63, 3.8) is 0 Å². The number of thioether (sulfide) groups is 1. The van der Waals surface area contributed by atoms with Crippen molar-refractivity contribution in [2.75, 3.05) is 15.8 Å². The van der Waals surface area contributed by atoms with Gasteiger partial charge in [0.25, 0.3) is 10.0 Å². The SMILES string of the molecule is O=C(CSc1sc2ccccc2c1Cl)Nc1ccc(S(=O)(=O)Nc2nccs2)cc1. The summed E-state index contributed by atoms with van der Waals surface area (Å²) in [6, 6.07) is 13.8. The van der Waals surface area contributed by atoms with Crippen molar-refractivity contribution in [3.05, 3.63) is 65.1 Å². The molecule has 11 heteroatoms. The average Bonchev–Trinajstić information content (AvgIpc) is 3.34. The van der Waals surface area contributed by atoms with E-state index in [0.717, 1.165) is 14.3 Å². The third kappa shape index (κ3) is 4.79. The maximum absolute atomic E-state index is 12.4. The molecular weight excluding hydrogens is 482 g/mol. The number of hydrogen-bond acceptors (Lipinski definition) is 7. The van der Waals surface area contributed by atoms with Crippen LogP contribution in [0.5, 0.6) is 0 Å². The molecule has 2 aromatic carbocycles. The van der Waals surface area contributed by atoms with Crippen molar-refractivity contribution in [2.45, 2.75) is 9.10 Å². The lowest BCUT2D eigenvalue weighted by Gasteiger charge is -2.08. The van der Waals surface area contributed by atoms with E-state index < -0.39 is 10.0 Å². The highest BCUT2D eigenvalue weighted by Gasteiger charge is 2.16. The highest BCUT2D eigenvalue weighted by Crippen LogP contribution is 2.41. The monoisotopic (exact) mass is 495 g/mol. The molecule has 0 saturated carbocycles. The van der Waals surface area contributed by atoms with Gasteiger partial charge in [-0.25, -0.2) is 13.4 Å². The second kappa shape index (κ2) is 8.94. The number of carbonyl (C=O) groups excluding carboxylic acids is 1. The lowest BCUT2D eigenvalue weighted by atomic mass is 10.3. The number of fused-ring (bicyclic) bond motifs is 1. The Bertz CT molecular complexity index is 1290. The molecule has 4 rings (SSSR count). The first-order valence-electron chi connectivity index (χ1n) is 8.54. The second-order valence-electron chi connectivity index (χ2n) is 6.00. The van der Waals surface area contributed by atoms with Gasteiger partial charge in [-0.1, -0.05) is 29.8 Å². The van der Waals surface area contributed by atoms with Crippen LogP contribution in [0, 0.1) is 0 Å². The Labute approximate surface area is 190 Å². The van der Waals surface area contributed by atoms with Crippen molar-refractivity contribution >= 4 is 82.9 Å². The van der Waals surface area contributed by atoms with E-state index in [1.54, 1.807) is 28.8 Å². The molecule has 2 N–H and O–H groups in total. The van der Waals surface area contributed by atoms with Crippen LogP contribution >= 0.6 is 46.0 Å². The van der Waals surface area contributed by atoms with Crippen LogP contribution in [-0.2, 0) is 14.8 Å². The second-order valence-corrected chi connectivity index (χ2v) is 11.3. The van der Waals surface area contributed by atoms with Crippen LogP contribution in [0.1, 0.15) is 0 Å². The summed E-state index contributed by atoms with van der Waals surface area (Å²) in [6.45, 7) is 0. The molecule has 0 aliphatic rings. The van der Waals surface area contributed by atoms with Crippen molar-refractivity contribution in [3.8, 4) is 0 Å². The largest absolute Gasteiger partial charge is 0.325 e. The molecule has 0 aliphatic heterocycles. The third-order valence-electron chi connectivity index (χ3n) is 3.94. The number of thiophene rings is 1. The molecule has 154 valence electrons. The number of amides is 1. The molecule has 0 spiro atoms. The van der Waals surface area contributed by atoms with Crippen molar-refractivity contribution < 1.29 is 13.2 Å². The zero-order valence-electron chi connectivity index (χ0n) is 15.2. The van der Waals surface area contributed by atoms with E-state index in [-0.39, 0.29) is 16.6 Å². The topological polar surface area (TPSA) is 88.2 Å². The minimum absolute atomic E-state index is 0.0853. The van der Waals surface area contributed by atoms with Crippen molar-refractivity contribution in [1.82, 2.24) is 4.98 Å². The van der Waals surface area contributed by atoms with E-state index in [2.05, 4.69) is 15.0 Å². The van der Waals surface area contributed by atoms with Gasteiger partial charge >= 0.3 is 0 Å². The van der Waals surface area contributed by atoms with Gasteiger partial charge in [-0.3, -0.25) is 9.52 Å². The number of nitrogens with one attached hydrogen (secondary N) is 2. The van der Waals surface area contributed by atoms with E-state index in [0.29, 0.717) is 15.8 Å². The third-order valence-corrected chi connectivity index (χ3v) is 9.17.